The summed E-state index contributed by atoms with van der Waals surface area (Å²) < 4.78 is 33.8. The fourth-order valence-corrected chi connectivity index (χ4v) is 4.24. The summed E-state index contributed by atoms with van der Waals surface area (Å²) in [5, 5.41) is 0. The number of hydrogen-bond acceptors (Lipinski definition) is 1. The lowest BCUT2D eigenvalue weighted by atomic mass is 9.77. The molecular weight excluding hydrogens is 378 g/mol. The predicted octanol–water partition coefficient (Wildman–Crippen LogP) is 7.62. The Labute approximate surface area is 179 Å². The molecule has 0 N–H and O–H groups in total. The molecule has 0 spiro atoms. The minimum atomic E-state index is -0.966. The highest BCUT2D eigenvalue weighted by molar-refractivity contribution is 5.46. The molecule has 0 bridgehead atoms. The molecule has 0 atom stereocenters. The lowest BCUT2D eigenvalue weighted by molar-refractivity contribution is 0.288. The second-order valence-electron chi connectivity index (χ2n) is 8.32. The van der Waals surface area contributed by atoms with Crippen molar-refractivity contribution in [3.8, 4) is 17.6 Å². The molecule has 1 fully saturated rings. The third kappa shape index (κ3) is 5.85. The van der Waals surface area contributed by atoms with Crippen LogP contribution in [0.2, 0.25) is 0 Å². The Bertz CT molecular complexity index is 868. The lowest BCUT2D eigenvalue weighted by Crippen LogP contribution is -2.13. The van der Waals surface area contributed by atoms with Crippen LogP contribution in [0.3, 0.4) is 0 Å². The van der Waals surface area contributed by atoms with Crippen LogP contribution in [0.4, 0.5) is 8.78 Å². The molecule has 2 aromatic carbocycles. The van der Waals surface area contributed by atoms with Crippen molar-refractivity contribution >= 4 is 0 Å². The summed E-state index contributed by atoms with van der Waals surface area (Å²) in [4.78, 5) is 0. The van der Waals surface area contributed by atoms with Gasteiger partial charge in [0.25, 0.3) is 0 Å². The summed E-state index contributed by atoms with van der Waals surface area (Å²) in [5.41, 5.74) is 2.22. The van der Waals surface area contributed by atoms with Crippen LogP contribution in [-0.4, -0.2) is 6.61 Å². The van der Waals surface area contributed by atoms with Gasteiger partial charge in [-0.1, -0.05) is 57.1 Å². The summed E-state index contributed by atoms with van der Waals surface area (Å²) in [6.07, 6.45) is 9.53. The van der Waals surface area contributed by atoms with Crippen LogP contribution < -0.4 is 4.74 Å². The zero-order valence-corrected chi connectivity index (χ0v) is 18.1. The van der Waals surface area contributed by atoms with E-state index in [0.29, 0.717) is 12.5 Å². The molecule has 0 amide bonds. The van der Waals surface area contributed by atoms with Gasteiger partial charge in [-0.2, -0.15) is 4.39 Å². The Morgan fingerprint density at radius 2 is 1.60 bits per heavy atom. The van der Waals surface area contributed by atoms with Gasteiger partial charge < -0.3 is 4.74 Å². The minimum Gasteiger partial charge on any atom is -0.490 e. The maximum absolute atomic E-state index is 14.3. The average molecular weight is 411 g/mol. The third-order valence-electron chi connectivity index (χ3n) is 6.07. The SMILES string of the molecule is CCCCOc1ccc(C#Cc2ccc([C@H]3CC[C@H](CCC)CC3)cc2)c(F)c1F. The Morgan fingerprint density at radius 3 is 2.27 bits per heavy atom. The monoisotopic (exact) mass is 410 g/mol. The zero-order valence-electron chi connectivity index (χ0n) is 18.1. The smallest absolute Gasteiger partial charge is 0.201 e. The van der Waals surface area contributed by atoms with Crippen molar-refractivity contribution in [1.29, 1.82) is 0 Å². The Morgan fingerprint density at radius 1 is 0.867 bits per heavy atom. The first-order chi connectivity index (χ1) is 14.6. The maximum Gasteiger partial charge on any atom is 0.201 e. The quantitative estimate of drug-likeness (QED) is 0.337. The van der Waals surface area contributed by atoms with Crippen molar-refractivity contribution in [1.82, 2.24) is 0 Å². The van der Waals surface area contributed by atoms with Gasteiger partial charge in [0.05, 0.1) is 12.2 Å². The minimum absolute atomic E-state index is 0.0497. The highest BCUT2D eigenvalue weighted by Gasteiger charge is 2.21. The van der Waals surface area contributed by atoms with Gasteiger partial charge in [-0.3, -0.25) is 0 Å². The highest BCUT2D eigenvalue weighted by atomic mass is 19.2. The van der Waals surface area contributed by atoms with Crippen LogP contribution in [0, 0.1) is 29.4 Å². The maximum atomic E-state index is 14.3. The summed E-state index contributed by atoms with van der Waals surface area (Å²) in [5.74, 6) is 5.29. The van der Waals surface area contributed by atoms with Crippen LogP contribution in [0.1, 0.15) is 87.8 Å². The van der Waals surface area contributed by atoms with E-state index in [0.717, 1.165) is 24.3 Å². The van der Waals surface area contributed by atoms with Gasteiger partial charge in [0.15, 0.2) is 11.6 Å². The lowest BCUT2D eigenvalue weighted by Gasteiger charge is -2.28. The molecule has 0 heterocycles. The van der Waals surface area contributed by atoms with Crippen molar-refractivity contribution in [2.24, 2.45) is 5.92 Å². The molecule has 0 radical (unpaired) electrons. The summed E-state index contributed by atoms with van der Waals surface area (Å²) in [7, 11) is 0. The second kappa shape index (κ2) is 11.2. The molecule has 0 unspecified atom stereocenters. The number of unbranched alkanes of at least 4 members (excludes halogenated alkanes) is 1. The van der Waals surface area contributed by atoms with Crippen molar-refractivity contribution in [3.63, 3.8) is 0 Å². The number of halogens is 2. The molecule has 1 aliphatic carbocycles. The second-order valence-corrected chi connectivity index (χ2v) is 8.32. The van der Waals surface area contributed by atoms with E-state index in [9.17, 15) is 8.78 Å². The van der Waals surface area contributed by atoms with Crippen LogP contribution in [-0.2, 0) is 0 Å². The number of rotatable bonds is 7. The van der Waals surface area contributed by atoms with Crippen LogP contribution in [0.25, 0.3) is 0 Å². The molecule has 3 heteroatoms. The van der Waals surface area contributed by atoms with Crippen LogP contribution >= 0.6 is 0 Å². The van der Waals surface area contributed by atoms with Crippen molar-refractivity contribution in [2.75, 3.05) is 6.61 Å². The highest BCUT2D eigenvalue weighted by Crippen LogP contribution is 2.37. The van der Waals surface area contributed by atoms with Gasteiger partial charge in [0.2, 0.25) is 5.82 Å². The Balaban J connectivity index is 1.63. The first-order valence-electron chi connectivity index (χ1n) is 11.3. The molecule has 1 saturated carbocycles. The van der Waals surface area contributed by atoms with E-state index in [1.807, 2.05) is 19.1 Å². The van der Waals surface area contributed by atoms with E-state index in [1.54, 1.807) is 0 Å². The van der Waals surface area contributed by atoms with Gasteiger partial charge in [-0.25, -0.2) is 4.39 Å². The molecule has 0 aliphatic heterocycles. The zero-order chi connectivity index (χ0) is 21.3. The summed E-state index contributed by atoms with van der Waals surface area (Å²) >= 11 is 0. The topological polar surface area (TPSA) is 9.23 Å². The molecule has 2 aromatic rings. The van der Waals surface area contributed by atoms with Crippen molar-refractivity contribution in [2.45, 2.75) is 71.1 Å². The molecule has 0 aromatic heterocycles. The predicted molar refractivity (Wildman–Crippen MR) is 119 cm³/mol. The van der Waals surface area contributed by atoms with Gasteiger partial charge in [-0.15, -0.1) is 0 Å². The normalized spacial score (nSPS) is 18.5. The van der Waals surface area contributed by atoms with Crippen LogP contribution in [0.15, 0.2) is 36.4 Å². The van der Waals surface area contributed by atoms with E-state index in [-0.39, 0.29) is 11.3 Å². The summed E-state index contributed by atoms with van der Waals surface area (Å²) in [6, 6.07) is 11.2. The van der Waals surface area contributed by atoms with E-state index in [2.05, 4.69) is 30.9 Å². The van der Waals surface area contributed by atoms with Gasteiger partial charge >= 0.3 is 0 Å². The largest absolute Gasteiger partial charge is 0.490 e. The van der Waals surface area contributed by atoms with Crippen molar-refractivity contribution in [3.05, 3.63) is 64.7 Å². The molecular formula is C27H32F2O. The Hall–Kier alpha value is -2.34. The fourth-order valence-electron chi connectivity index (χ4n) is 4.24. The average Bonchev–Trinajstić information content (AvgIpc) is 2.77. The van der Waals surface area contributed by atoms with Crippen molar-refractivity contribution < 1.29 is 13.5 Å². The first-order valence-corrected chi connectivity index (χ1v) is 11.3. The Kier molecular flexibility index (Phi) is 8.31. The third-order valence-corrected chi connectivity index (χ3v) is 6.07. The molecule has 0 saturated heterocycles. The molecule has 160 valence electrons. The van der Waals surface area contributed by atoms with E-state index >= 15 is 0 Å². The van der Waals surface area contributed by atoms with Crippen LogP contribution in [0.5, 0.6) is 5.75 Å². The van der Waals surface area contributed by atoms with Gasteiger partial charge in [0, 0.05) is 5.56 Å². The molecule has 30 heavy (non-hydrogen) atoms. The summed E-state index contributed by atoms with van der Waals surface area (Å²) in [6.45, 7) is 4.66. The molecule has 1 nitrogen and oxygen atoms in total. The number of hydrogen-bond donors (Lipinski definition) is 0. The number of ether oxygens (including phenoxy) is 1. The van der Waals surface area contributed by atoms with Gasteiger partial charge in [0.1, 0.15) is 0 Å². The first kappa shape index (κ1) is 22.3. The van der Waals surface area contributed by atoms with Gasteiger partial charge in [-0.05, 0) is 73.8 Å². The number of benzene rings is 2. The molecule has 1 aliphatic rings. The van der Waals surface area contributed by atoms with E-state index in [4.69, 9.17) is 4.74 Å². The van der Waals surface area contributed by atoms with E-state index in [1.165, 1.54) is 56.2 Å². The van der Waals surface area contributed by atoms with E-state index < -0.39 is 11.6 Å². The standard InChI is InChI=1S/C27H32F2O/c1-3-5-19-30-25-18-17-24(26(28)27(25)29)16-11-21-9-14-23(15-10-21)22-12-7-20(6-4-2)8-13-22/h9-10,14-15,17-18,20,22H,3-8,12-13,19H2,1-2H3/t20-,22-. The molecule has 3 rings (SSSR count). The fraction of sp³-hybridized carbons (Fsp3) is 0.481.